The second kappa shape index (κ2) is 13.9. The van der Waals surface area contributed by atoms with Gasteiger partial charge in [0, 0.05) is 49.3 Å². The Labute approximate surface area is 222 Å². The lowest BCUT2D eigenvalue weighted by molar-refractivity contribution is -0.192. The summed E-state index contributed by atoms with van der Waals surface area (Å²) in [4.78, 5) is 23.8. The van der Waals surface area contributed by atoms with Crippen LogP contribution in [-0.2, 0) is 14.8 Å². The number of aliphatic carboxylic acids is 1. The van der Waals surface area contributed by atoms with Crippen molar-refractivity contribution in [2.24, 2.45) is 0 Å². The number of hydrogen-bond acceptors (Lipinski definition) is 5. The molecule has 13 heteroatoms. The van der Waals surface area contributed by atoms with E-state index in [1.807, 2.05) is 42.5 Å². The fourth-order valence-electron chi connectivity index (χ4n) is 3.55. The first-order valence-corrected chi connectivity index (χ1v) is 13.8. The SMILES string of the molecule is CC(CN(CCS(=O)(=O)N1CCNCC1)C(=O)c1ccc(Br)cc1)c1ccccc1.O=C(O)C(F)(F)F. The van der Waals surface area contributed by atoms with Gasteiger partial charge in [-0.1, -0.05) is 53.2 Å². The van der Waals surface area contributed by atoms with E-state index in [-0.39, 0.29) is 24.1 Å². The van der Waals surface area contributed by atoms with Crippen LogP contribution >= 0.6 is 15.9 Å². The molecule has 2 aromatic carbocycles. The average molecular weight is 608 g/mol. The van der Waals surface area contributed by atoms with Crippen LogP contribution in [0.4, 0.5) is 13.2 Å². The van der Waals surface area contributed by atoms with E-state index in [1.54, 1.807) is 17.0 Å². The van der Waals surface area contributed by atoms with Crippen LogP contribution in [0.5, 0.6) is 0 Å². The van der Waals surface area contributed by atoms with E-state index < -0.39 is 22.2 Å². The van der Waals surface area contributed by atoms with Gasteiger partial charge in [0.25, 0.3) is 5.91 Å². The summed E-state index contributed by atoms with van der Waals surface area (Å²) < 4.78 is 59.8. The minimum absolute atomic E-state index is 0.0726. The number of nitrogens with zero attached hydrogens (tertiary/aromatic N) is 2. The molecule has 8 nitrogen and oxygen atoms in total. The summed E-state index contributed by atoms with van der Waals surface area (Å²) in [5.74, 6) is -2.89. The first-order chi connectivity index (χ1) is 17.3. The van der Waals surface area contributed by atoms with Gasteiger partial charge in [0.05, 0.1) is 5.75 Å². The molecule has 0 aromatic heterocycles. The molecule has 204 valence electrons. The summed E-state index contributed by atoms with van der Waals surface area (Å²) in [7, 11) is -3.41. The van der Waals surface area contributed by atoms with Crippen LogP contribution in [0.3, 0.4) is 0 Å². The molecule has 1 fully saturated rings. The number of hydrogen-bond donors (Lipinski definition) is 2. The summed E-state index contributed by atoms with van der Waals surface area (Å²) >= 11 is 3.39. The number of rotatable bonds is 8. The molecule has 1 aliphatic heterocycles. The van der Waals surface area contributed by atoms with Crippen molar-refractivity contribution < 1.29 is 36.3 Å². The van der Waals surface area contributed by atoms with Crippen molar-refractivity contribution in [2.45, 2.75) is 19.0 Å². The molecule has 1 amide bonds. The predicted octanol–water partition coefficient (Wildman–Crippen LogP) is 3.56. The molecule has 1 atom stereocenters. The van der Waals surface area contributed by atoms with E-state index in [1.165, 1.54) is 4.31 Å². The number of carbonyl (C=O) groups is 2. The lowest BCUT2D eigenvalue weighted by Gasteiger charge is -2.30. The summed E-state index contributed by atoms with van der Waals surface area (Å²) in [5, 5.41) is 10.3. The molecule has 2 N–H and O–H groups in total. The van der Waals surface area contributed by atoms with Crippen LogP contribution in [0.1, 0.15) is 28.8 Å². The highest BCUT2D eigenvalue weighted by atomic mass is 79.9. The Morgan fingerprint density at radius 2 is 1.62 bits per heavy atom. The summed E-state index contributed by atoms with van der Waals surface area (Å²) in [6.45, 7) is 4.95. The first kappa shape index (κ1) is 30.7. The maximum Gasteiger partial charge on any atom is 0.490 e. The molecule has 0 saturated carbocycles. The number of nitrogens with one attached hydrogen (secondary N) is 1. The van der Waals surface area contributed by atoms with Crippen molar-refractivity contribution in [3.8, 4) is 0 Å². The Kier molecular flexibility index (Phi) is 11.5. The van der Waals surface area contributed by atoms with Gasteiger partial charge < -0.3 is 15.3 Å². The number of alkyl halides is 3. The molecule has 2 aromatic rings. The fraction of sp³-hybridized carbons (Fsp3) is 0.417. The van der Waals surface area contributed by atoms with Crippen LogP contribution < -0.4 is 5.32 Å². The number of piperazine rings is 1. The van der Waals surface area contributed by atoms with E-state index >= 15 is 0 Å². The van der Waals surface area contributed by atoms with E-state index in [2.05, 4.69) is 28.2 Å². The molecule has 0 radical (unpaired) electrons. The Morgan fingerprint density at radius 1 is 1.08 bits per heavy atom. The zero-order valence-corrected chi connectivity index (χ0v) is 22.5. The minimum atomic E-state index is -5.08. The second-order valence-corrected chi connectivity index (χ2v) is 11.3. The highest BCUT2D eigenvalue weighted by Crippen LogP contribution is 2.19. The normalized spacial score (nSPS) is 15.3. The molecule has 3 rings (SSSR count). The molecular weight excluding hydrogens is 579 g/mol. The predicted molar refractivity (Wildman–Crippen MR) is 137 cm³/mol. The fourth-order valence-corrected chi connectivity index (χ4v) is 5.26. The van der Waals surface area contributed by atoms with Gasteiger partial charge in [-0.2, -0.15) is 17.5 Å². The lowest BCUT2D eigenvalue weighted by atomic mass is 10.0. The number of carboxylic acid groups (broad SMARTS) is 1. The van der Waals surface area contributed by atoms with E-state index in [0.29, 0.717) is 38.3 Å². The zero-order valence-electron chi connectivity index (χ0n) is 20.1. The van der Waals surface area contributed by atoms with E-state index in [4.69, 9.17) is 9.90 Å². The topological polar surface area (TPSA) is 107 Å². The van der Waals surface area contributed by atoms with Gasteiger partial charge in [0.1, 0.15) is 0 Å². The third kappa shape index (κ3) is 10.1. The Bertz CT molecular complexity index is 1130. The molecule has 1 saturated heterocycles. The zero-order chi connectivity index (χ0) is 27.6. The van der Waals surface area contributed by atoms with Crippen molar-refractivity contribution in [1.82, 2.24) is 14.5 Å². The van der Waals surface area contributed by atoms with Crippen molar-refractivity contribution in [1.29, 1.82) is 0 Å². The van der Waals surface area contributed by atoms with Crippen LogP contribution in [0.25, 0.3) is 0 Å². The van der Waals surface area contributed by atoms with Crippen molar-refractivity contribution in [3.63, 3.8) is 0 Å². The van der Waals surface area contributed by atoms with Gasteiger partial charge in [-0.15, -0.1) is 0 Å². The highest BCUT2D eigenvalue weighted by Gasteiger charge is 2.38. The molecular formula is C24H29BrF3N3O5S. The molecule has 1 aliphatic rings. The Morgan fingerprint density at radius 3 is 2.14 bits per heavy atom. The minimum Gasteiger partial charge on any atom is -0.475 e. The third-order valence-corrected chi connectivity index (χ3v) is 7.95. The van der Waals surface area contributed by atoms with Crippen LogP contribution in [-0.4, -0.2) is 85.8 Å². The van der Waals surface area contributed by atoms with Crippen LogP contribution in [0.2, 0.25) is 0 Å². The third-order valence-electron chi connectivity index (χ3n) is 5.57. The van der Waals surface area contributed by atoms with Gasteiger partial charge in [-0.3, -0.25) is 4.79 Å². The van der Waals surface area contributed by atoms with Crippen molar-refractivity contribution in [3.05, 3.63) is 70.2 Å². The molecule has 1 unspecified atom stereocenters. The Balaban J connectivity index is 0.000000604. The summed E-state index contributed by atoms with van der Waals surface area (Å²) in [6.07, 6.45) is -5.08. The van der Waals surface area contributed by atoms with Gasteiger partial charge in [0.15, 0.2) is 0 Å². The van der Waals surface area contributed by atoms with Gasteiger partial charge >= 0.3 is 12.1 Å². The molecule has 37 heavy (non-hydrogen) atoms. The summed E-state index contributed by atoms with van der Waals surface area (Å²) in [5.41, 5.74) is 1.68. The monoisotopic (exact) mass is 607 g/mol. The largest absolute Gasteiger partial charge is 0.490 e. The standard InChI is InChI=1S/C22H28BrN3O3S.C2HF3O2/c1-18(19-5-3-2-4-6-19)17-25(22(27)20-7-9-21(23)10-8-20)15-16-30(28,29)26-13-11-24-12-14-26;3-2(4,5)1(6)7/h2-10,18,24H,11-17H2,1H3;(H,6,7). The van der Waals surface area contributed by atoms with Crippen molar-refractivity contribution >= 4 is 37.8 Å². The van der Waals surface area contributed by atoms with E-state index in [0.717, 1.165) is 10.0 Å². The quantitative estimate of drug-likeness (QED) is 0.475. The van der Waals surface area contributed by atoms with Crippen LogP contribution in [0, 0.1) is 0 Å². The van der Waals surface area contributed by atoms with Gasteiger partial charge in [-0.05, 0) is 35.7 Å². The number of carboxylic acids is 1. The van der Waals surface area contributed by atoms with E-state index in [9.17, 15) is 26.4 Å². The second-order valence-electron chi connectivity index (χ2n) is 8.34. The molecule has 0 aliphatic carbocycles. The maximum atomic E-state index is 13.2. The Hall–Kier alpha value is -2.48. The number of sulfonamides is 1. The maximum absolute atomic E-state index is 13.2. The van der Waals surface area contributed by atoms with Crippen LogP contribution in [0.15, 0.2) is 59.1 Å². The average Bonchev–Trinajstić information content (AvgIpc) is 2.87. The number of carbonyl (C=O) groups excluding carboxylic acids is 1. The van der Waals surface area contributed by atoms with Gasteiger partial charge in [0.2, 0.25) is 10.0 Å². The number of halogens is 4. The summed E-state index contributed by atoms with van der Waals surface area (Å²) in [6, 6.07) is 17.1. The first-order valence-electron chi connectivity index (χ1n) is 11.4. The molecule has 1 heterocycles. The van der Waals surface area contributed by atoms with Crippen molar-refractivity contribution in [2.75, 3.05) is 45.0 Å². The molecule has 0 bridgehead atoms. The lowest BCUT2D eigenvalue weighted by Crippen LogP contribution is -2.48. The van der Waals surface area contributed by atoms with Gasteiger partial charge in [-0.25, -0.2) is 13.2 Å². The number of benzene rings is 2. The number of amides is 1. The molecule has 0 spiro atoms. The smallest absolute Gasteiger partial charge is 0.475 e. The highest BCUT2D eigenvalue weighted by molar-refractivity contribution is 9.10.